The van der Waals surface area contributed by atoms with Crippen LogP contribution in [0.4, 0.5) is 4.39 Å². The molecule has 0 saturated heterocycles. The smallest absolute Gasteiger partial charge is 0.252 e. The van der Waals surface area contributed by atoms with Crippen molar-refractivity contribution in [2.24, 2.45) is 0 Å². The number of pyridine rings is 1. The summed E-state index contributed by atoms with van der Waals surface area (Å²) in [4.78, 5) is 18.4. The molecule has 1 unspecified atom stereocenters. The van der Waals surface area contributed by atoms with Crippen LogP contribution in [-0.2, 0) is 19.5 Å². The molecule has 2 heterocycles. The predicted octanol–water partition coefficient (Wildman–Crippen LogP) is 5.21. The van der Waals surface area contributed by atoms with Crippen molar-refractivity contribution in [2.45, 2.75) is 45.8 Å². The van der Waals surface area contributed by atoms with Crippen molar-refractivity contribution in [1.29, 1.82) is 0 Å². The van der Waals surface area contributed by atoms with Gasteiger partial charge in [-0.2, -0.15) is 0 Å². The van der Waals surface area contributed by atoms with Crippen molar-refractivity contribution in [2.75, 3.05) is 6.54 Å². The number of fused-ring (bicyclic) bond motifs is 1. The molecule has 5 rings (SSSR count). The Hall–Kier alpha value is -4.17. The van der Waals surface area contributed by atoms with Crippen LogP contribution in [0, 0.1) is 12.7 Å². The molecule has 7 nitrogen and oxygen atoms in total. The molecule has 8 heteroatoms. The van der Waals surface area contributed by atoms with Crippen LogP contribution in [-0.4, -0.2) is 36.6 Å². The third-order valence-electron chi connectivity index (χ3n) is 6.91. The molecule has 0 fully saturated rings. The minimum absolute atomic E-state index is 0.0909. The predicted molar refractivity (Wildman–Crippen MR) is 146 cm³/mol. The first-order valence-corrected chi connectivity index (χ1v) is 12.9. The molecule has 1 N–H and O–H groups in total. The largest absolute Gasteiger partial charge is 0.322 e. The number of aromatic amines is 1. The summed E-state index contributed by atoms with van der Waals surface area (Å²) >= 11 is 0. The highest BCUT2D eigenvalue weighted by Gasteiger charge is 2.26. The van der Waals surface area contributed by atoms with Gasteiger partial charge in [-0.3, -0.25) is 9.69 Å². The van der Waals surface area contributed by atoms with Crippen LogP contribution in [0.15, 0.2) is 83.7 Å². The summed E-state index contributed by atoms with van der Waals surface area (Å²) in [7, 11) is 0. The lowest BCUT2D eigenvalue weighted by molar-refractivity contribution is 0.172. The maximum Gasteiger partial charge on any atom is 0.252 e. The van der Waals surface area contributed by atoms with Crippen LogP contribution in [0.5, 0.6) is 0 Å². The van der Waals surface area contributed by atoms with Crippen LogP contribution in [0.3, 0.4) is 0 Å². The molecule has 5 aromatic rings. The van der Waals surface area contributed by atoms with Crippen molar-refractivity contribution in [1.82, 2.24) is 30.1 Å². The molecular weight excluding hydrogens is 479 g/mol. The van der Waals surface area contributed by atoms with Gasteiger partial charge in [-0.25, -0.2) is 9.07 Å². The van der Waals surface area contributed by atoms with Crippen LogP contribution in [0.1, 0.15) is 47.5 Å². The third-order valence-corrected chi connectivity index (χ3v) is 6.91. The second-order valence-electron chi connectivity index (χ2n) is 9.67. The van der Waals surface area contributed by atoms with E-state index in [1.807, 2.05) is 43.3 Å². The highest BCUT2D eigenvalue weighted by atomic mass is 19.1. The Kier molecular flexibility index (Phi) is 7.70. The quantitative estimate of drug-likeness (QED) is 0.279. The van der Waals surface area contributed by atoms with E-state index in [1.54, 1.807) is 16.8 Å². The molecule has 0 aliphatic rings. The number of nitrogens with one attached hydrogen (secondary N) is 1. The van der Waals surface area contributed by atoms with Crippen molar-refractivity contribution >= 4 is 10.9 Å². The SMILES string of the molecule is CCC(c1nnnn1Cc1ccc(F)cc1)N(CCc1ccccc1)Cc1cc2cc(C)ccc2[nH]c1=O. The van der Waals surface area contributed by atoms with E-state index in [4.69, 9.17) is 0 Å². The fraction of sp³-hybridized carbons (Fsp3) is 0.267. The van der Waals surface area contributed by atoms with Gasteiger partial charge >= 0.3 is 0 Å². The minimum Gasteiger partial charge on any atom is -0.322 e. The zero-order valence-corrected chi connectivity index (χ0v) is 21.6. The van der Waals surface area contributed by atoms with Crippen LogP contribution in [0.25, 0.3) is 10.9 Å². The number of tetrazole rings is 1. The molecule has 194 valence electrons. The number of aromatic nitrogens is 5. The summed E-state index contributed by atoms with van der Waals surface area (Å²) in [6.45, 7) is 5.75. The van der Waals surface area contributed by atoms with Crippen molar-refractivity contribution in [3.05, 3.63) is 123 Å². The number of aryl methyl sites for hydroxylation is 1. The molecular formula is C30H31FN6O. The number of hydrogen-bond donors (Lipinski definition) is 1. The van der Waals surface area contributed by atoms with Gasteiger partial charge in [-0.15, -0.1) is 5.10 Å². The highest BCUT2D eigenvalue weighted by Crippen LogP contribution is 2.25. The molecule has 2 aromatic heterocycles. The summed E-state index contributed by atoms with van der Waals surface area (Å²) in [5.41, 5.74) is 4.71. The summed E-state index contributed by atoms with van der Waals surface area (Å²) in [5, 5.41) is 13.6. The fourth-order valence-corrected chi connectivity index (χ4v) is 4.90. The summed E-state index contributed by atoms with van der Waals surface area (Å²) in [5.74, 6) is 0.443. The number of benzene rings is 3. The first-order valence-electron chi connectivity index (χ1n) is 12.9. The van der Waals surface area contributed by atoms with E-state index in [0.717, 1.165) is 47.2 Å². The van der Waals surface area contributed by atoms with E-state index in [1.165, 1.54) is 17.7 Å². The molecule has 3 aromatic carbocycles. The molecule has 0 amide bonds. The van der Waals surface area contributed by atoms with Gasteiger partial charge in [0, 0.05) is 24.2 Å². The zero-order valence-electron chi connectivity index (χ0n) is 21.6. The highest BCUT2D eigenvalue weighted by molar-refractivity contribution is 5.79. The first-order chi connectivity index (χ1) is 18.5. The standard InChI is InChI=1S/C30H31FN6O/c1-3-28(29-33-34-35-37(29)19-23-10-12-26(31)13-11-23)36(16-15-22-7-5-4-6-8-22)20-25-18-24-17-21(2)9-14-27(24)32-30(25)38/h4-14,17-18,28H,3,15-16,19-20H2,1-2H3,(H,32,38). The maximum absolute atomic E-state index is 13.4. The van der Waals surface area contributed by atoms with Crippen molar-refractivity contribution in [3.63, 3.8) is 0 Å². The molecule has 0 radical (unpaired) electrons. The number of hydrogen-bond acceptors (Lipinski definition) is 5. The molecule has 0 bridgehead atoms. The van der Waals surface area contributed by atoms with E-state index < -0.39 is 0 Å². The molecule has 0 saturated carbocycles. The molecule has 0 spiro atoms. The van der Waals surface area contributed by atoms with E-state index in [0.29, 0.717) is 18.7 Å². The van der Waals surface area contributed by atoms with Crippen molar-refractivity contribution in [3.8, 4) is 0 Å². The lowest BCUT2D eigenvalue weighted by Crippen LogP contribution is -2.34. The number of H-pyrrole nitrogens is 1. The number of nitrogens with zero attached hydrogens (tertiary/aromatic N) is 5. The molecule has 1 atom stereocenters. The molecule has 0 aliphatic heterocycles. The Balaban J connectivity index is 1.48. The second kappa shape index (κ2) is 11.5. The topological polar surface area (TPSA) is 79.7 Å². The number of rotatable bonds is 10. The second-order valence-corrected chi connectivity index (χ2v) is 9.67. The Morgan fingerprint density at radius 1 is 1.00 bits per heavy atom. The summed E-state index contributed by atoms with van der Waals surface area (Å²) < 4.78 is 15.2. The van der Waals surface area contributed by atoms with E-state index in [-0.39, 0.29) is 17.4 Å². The summed E-state index contributed by atoms with van der Waals surface area (Å²) in [6.07, 6.45) is 1.57. The molecule has 38 heavy (non-hydrogen) atoms. The average Bonchev–Trinajstić information content (AvgIpc) is 3.37. The monoisotopic (exact) mass is 510 g/mol. The normalized spacial score (nSPS) is 12.3. The Morgan fingerprint density at radius 2 is 1.79 bits per heavy atom. The van der Waals surface area contributed by atoms with Gasteiger partial charge < -0.3 is 4.98 Å². The number of halogens is 1. The maximum atomic E-state index is 13.4. The van der Waals surface area contributed by atoms with Crippen LogP contribution >= 0.6 is 0 Å². The van der Waals surface area contributed by atoms with Gasteiger partial charge in [-0.05, 0) is 77.0 Å². The van der Waals surface area contributed by atoms with Gasteiger partial charge in [-0.1, -0.05) is 61.0 Å². The van der Waals surface area contributed by atoms with Crippen LogP contribution < -0.4 is 5.56 Å². The van der Waals surface area contributed by atoms with Gasteiger partial charge in [0.2, 0.25) is 0 Å². The first kappa shape index (κ1) is 25.5. The van der Waals surface area contributed by atoms with Crippen LogP contribution in [0.2, 0.25) is 0 Å². The van der Waals surface area contributed by atoms with E-state index in [2.05, 4.69) is 50.5 Å². The van der Waals surface area contributed by atoms with Gasteiger partial charge in [0.25, 0.3) is 5.56 Å². The Morgan fingerprint density at radius 3 is 2.55 bits per heavy atom. The van der Waals surface area contributed by atoms with E-state index in [9.17, 15) is 9.18 Å². The minimum atomic E-state index is -0.278. The fourth-order valence-electron chi connectivity index (χ4n) is 4.90. The lowest BCUT2D eigenvalue weighted by atomic mass is 10.1. The van der Waals surface area contributed by atoms with Gasteiger partial charge in [0.1, 0.15) is 5.82 Å². The van der Waals surface area contributed by atoms with E-state index >= 15 is 0 Å². The summed E-state index contributed by atoms with van der Waals surface area (Å²) in [6, 6.07) is 24.6. The average molecular weight is 511 g/mol. The lowest BCUT2D eigenvalue weighted by Gasteiger charge is -2.30. The zero-order chi connectivity index (χ0) is 26.5. The Bertz CT molecular complexity index is 1560. The van der Waals surface area contributed by atoms with Crippen molar-refractivity contribution < 1.29 is 4.39 Å². The molecule has 0 aliphatic carbocycles. The Labute approximate surface area is 220 Å². The third kappa shape index (κ3) is 5.86. The van der Waals surface area contributed by atoms with Gasteiger partial charge in [0.15, 0.2) is 5.82 Å². The van der Waals surface area contributed by atoms with Gasteiger partial charge in [0.05, 0.1) is 12.6 Å².